The first-order valence-corrected chi connectivity index (χ1v) is 5.25. The molecule has 0 amide bonds. The molecule has 0 atom stereocenters. The Balaban J connectivity index is 2.53. The fourth-order valence-electron chi connectivity index (χ4n) is 1.70. The highest BCUT2D eigenvalue weighted by Gasteiger charge is 2.08. The van der Waals surface area contributed by atoms with Gasteiger partial charge in [-0.15, -0.1) is 0 Å². The Labute approximate surface area is 99.3 Å². The van der Waals surface area contributed by atoms with Crippen LogP contribution in [0.2, 0.25) is 0 Å². The number of hydrogen-bond acceptors (Lipinski definition) is 2. The van der Waals surface area contributed by atoms with Crippen LogP contribution in [0.5, 0.6) is 11.5 Å². The minimum absolute atomic E-state index is 0.0452. The third-order valence-electron chi connectivity index (χ3n) is 2.62. The minimum atomic E-state index is -0.280. The summed E-state index contributed by atoms with van der Waals surface area (Å²) in [4.78, 5) is 0. The molecule has 0 radical (unpaired) electrons. The van der Waals surface area contributed by atoms with Gasteiger partial charge in [-0.1, -0.05) is 18.2 Å². The number of methoxy groups -OCH3 is 1. The lowest BCUT2D eigenvalue weighted by Gasteiger charge is -2.08. The van der Waals surface area contributed by atoms with Crippen LogP contribution in [0.1, 0.15) is 5.56 Å². The summed E-state index contributed by atoms with van der Waals surface area (Å²) in [6, 6.07) is 9.81. The Morgan fingerprint density at radius 1 is 1.12 bits per heavy atom. The SMILES string of the molecule is COc1cc(-c2ccc(C)cc2F)ccc1O. The molecule has 88 valence electrons. The Kier molecular flexibility index (Phi) is 3.00. The lowest BCUT2D eigenvalue weighted by molar-refractivity contribution is 0.373. The van der Waals surface area contributed by atoms with Crippen LogP contribution < -0.4 is 4.74 Å². The van der Waals surface area contributed by atoms with E-state index in [0.717, 1.165) is 5.56 Å². The summed E-state index contributed by atoms with van der Waals surface area (Å²) in [5.41, 5.74) is 2.04. The first kappa shape index (κ1) is 11.5. The predicted molar refractivity (Wildman–Crippen MR) is 64.8 cm³/mol. The van der Waals surface area contributed by atoms with Gasteiger partial charge < -0.3 is 9.84 Å². The monoisotopic (exact) mass is 232 g/mol. The Bertz CT molecular complexity index is 550. The minimum Gasteiger partial charge on any atom is -0.504 e. The molecule has 0 aliphatic rings. The second-order valence-electron chi connectivity index (χ2n) is 3.87. The van der Waals surface area contributed by atoms with E-state index in [2.05, 4.69) is 0 Å². The number of halogens is 1. The van der Waals surface area contributed by atoms with Crippen LogP contribution in [0.4, 0.5) is 4.39 Å². The van der Waals surface area contributed by atoms with Crippen molar-refractivity contribution >= 4 is 0 Å². The number of phenolic OH excluding ortho intramolecular Hbond substituents is 1. The summed E-state index contributed by atoms with van der Waals surface area (Å²) in [6.45, 7) is 1.84. The highest BCUT2D eigenvalue weighted by molar-refractivity contribution is 5.67. The van der Waals surface area contributed by atoms with Crippen molar-refractivity contribution in [1.29, 1.82) is 0 Å². The molecule has 0 spiro atoms. The number of aryl methyl sites for hydroxylation is 1. The third kappa shape index (κ3) is 2.23. The number of hydrogen-bond donors (Lipinski definition) is 1. The van der Waals surface area contributed by atoms with E-state index in [1.165, 1.54) is 19.2 Å². The maximum absolute atomic E-state index is 13.8. The topological polar surface area (TPSA) is 29.5 Å². The molecule has 2 aromatic carbocycles. The zero-order valence-electron chi connectivity index (χ0n) is 9.70. The van der Waals surface area contributed by atoms with Crippen molar-refractivity contribution in [2.45, 2.75) is 6.92 Å². The van der Waals surface area contributed by atoms with Crippen LogP contribution in [0, 0.1) is 12.7 Å². The fourth-order valence-corrected chi connectivity index (χ4v) is 1.70. The fraction of sp³-hybridized carbons (Fsp3) is 0.143. The maximum Gasteiger partial charge on any atom is 0.161 e. The van der Waals surface area contributed by atoms with Gasteiger partial charge in [0.2, 0.25) is 0 Å². The van der Waals surface area contributed by atoms with Gasteiger partial charge in [0.15, 0.2) is 11.5 Å². The van der Waals surface area contributed by atoms with Crippen LogP contribution in [0.3, 0.4) is 0 Å². The van der Waals surface area contributed by atoms with Crippen molar-refractivity contribution in [1.82, 2.24) is 0 Å². The van der Waals surface area contributed by atoms with Crippen molar-refractivity contribution in [3.05, 3.63) is 47.8 Å². The van der Waals surface area contributed by atoms with Gasteiger partial charge in [-0.2, -0.15) is 0 Å². The van der Waals surface area contributed by atoms with Crippen molar-refractivity contribution in [2.24, 2.45) is 0 Å². The summed E-state index contributed by atoms with van der Waals surface area (Å²) in [5.74, 6) is 0.101. The summed E-state index contributed by atoms with van der Waals surface area (Å²) in [5, 5.41) is 9.48. The molecular weight excluding hydrogens is 219 g/mol. The normalized spacial score (nSPS) is 10.3. The zero-order chi connectivity index (χ0) is 12.4. The molecular formula is C14H13FO2. The largest absolute Gasteiger partial charge is 0.504 e. The molecule has 0 bridgehead atoms. The highest BCUT2D eigenvalue weighted by atomic mass is 19.1. The van der Waals surface area contributed by atoms with Crippen LogP contribution in [0.15, 0.2) is 36.4 Å². The first-order chi connectivity index (χ1) is 8.11. The third-order valence-corrected chi connectivity index (χ3v) is 2.62. The number of ether oxygens (including phenoxy) is 1. The first-order valence-electron chi connectivity index (χ1n) is 5.25. The zero-order valence-corrected chi connectivity index (χ0v) is 9.70. The van der Waals surface area contributed by atoms with E-state index in [0.29, 0.717) is 16.9 Å². The van der Waals surface area contributed by atoms with Gasteiger partial charge in [-0.05, 0) is 36.2 Å². The van der Waals surface area contributed by atoms with E-state index < -0.39 is 0 Å². The van der Waals surface area contributed by atoms with E-state index in [4.69, 9.17) is 4.74 Å². The molecule has 0 heterocycles. The van der Waals surface area contributed by atoms with Crippen molar-refractivity contribution in [3.63, 3.8) is 0 Å². The van der Waals surface area contributed by atoms with Crippen LogP contribution in [-0.4, -0.2) is 12.2 Å². The molecule has 0 aliphatic carbocycles. The van der Waals surface area contributed by atoms with E-state index in [1.54, 1.807) is 18.2 Å². The molecule has 2 rings (SSSR count). The second kappa shape index (κ2) is 4.45. The number of phenols is 1. The highest BCUT2D eigenvalue weighted by Crippen LogP contribution is 2.32. The summed E-state index contributed by atoms with van der Waals surface area (Å²) < 4.78 is 18.8. The molecule has 1 N–H and O–H groups in total. The average molecular weight is 232 g/mol. The van der Waals surface area contributed by atoms with Crippen LogP contribution in [0.25, 0.3) is 11.1 Å². The van der Waals surface area contributed by atoms with Gasteiger partial charge in [0.05, 0.1) is 7.11 Å². The Morgan fingerprint density at radius 2 is 1.88 bits per heavy atom. The van der Waals surface area contributed by atoms with Crippen LogP contribution >= 0.6 is 0 Å². The van der Waals surface area contributed by atoms with Gasteiger partial charge >= 0.3 is 0 Å². The molecule has 2 aromatic rings. The average Bonchev–Trinajstić information content (AvgIpc) is 2.30. The second-order valence-corrected chi connectivity index (χ2v) is 3.87. The summed E-state index contributed by atoms with van der Waals surface area (Å²) in [6.07, 6.45) is 0. The molecule has 2 nitrogen and oxygen atoms in total. The lowest BCUT2D eigenvalue weighted by Crippen LogP contribution is -1.88. The van der Waals surface area contributed by atoms with Crippen LogP contribution in [-0.2, 0) is 0 Å². The number of aromatic hydroxyl groups is 1. The molecule has 0 aliphatic heterocycles. The van der Waals surface area contributed by atoms with Gasteiger partial charge in [0, 0.05) is 5.56 Å². The van der Waals surface area contributed by atoms with Gasteiger partial charge in [-0.3, -0.25) is 0 Å². The smallest absolute Gasteiger partial charge is 0.161 e. The number of rotatable bonds is 2. The van der Waals surface area contributed by atoms with Gasteiger partial charge in [-0.25, -0.2) is 4.39 Å². The quantitative estimate of drug-likeness (QED) is 0.858. The molecule has 17 heavy (non-hydrogen) atoms. The molecule has 0 aromatic heterocycles. The standard InChI is InChI=1S/C14H13FO2/c1-9-3-5-11(12(15)7-9)10-4-6-13(16)14(8-10)17-2/h3-8,16H,1-2H3. The van der Waals surface area contributed by atoms with Crippen molar-refractivity contribution < 1.29 is 14.2 Å². The molecule has 0 saturated heterocycles. The molecule has 0 saturated carbocycles. The number of benzene rings is 2. The summed E-state index contributed by atoms with van der Waals surface area (Å²) >= 11 is 0. The summed E-state index contributed by atoms with van der Waals surface area (Å²) in [7, 11) is 1.46. The van der Waals surface area contributed by atoms with Crippen molar-refractivity contribution in [2.75, 3.05) is 7.11 Å². The predicted octanol–water partition coefficient (Wildman–Crippen LogP) is 3.52. The van der Waals surface area contributed by atoms with E-state index in [-0.39, 0.29) is 11.6 Å². The lowest BCUT2D eigenvalue weighted by atomic mass is 10.0. The maximum atomic E-state index is 13.8. The van der Waals surface area contributed by atoms with Gasteiger partial charge in [0.1, 0.15) is 5.82 Å². The van der Waals surface area contributed by atoms with Gasteiger partial charge in [0.25, 0.3) is 0 Å². The molecule has 3 heteroatoms. The van der Waals surface area contributed by atoms with E-state index in [9.17, 15) is 9.50 Å². The van der Waals surface area contributed by atoms with Crippen molar-refractivity contribution in [3.8, 4) is 22.6 Å². The van der Waals surface area contributed by atoms with E-state index in [1.807, 2.05) is 13.0 Å². The Morgan fingerprint density at radius 3 is 2.53 bits per heavy atom. The molecule has 0 unspecified atom stereocenters. The van der Waals surface area contributed by atoms with E-state index >= 15 is 0 Å². The Hall–Kier alpha value is -2.03. The molecule has 0 fully saturated rings.